The van der Waals surface area contributed by atoms with Crippen LogP contribution in [0.1, 0.15) is 33.6 Å². The van der Waals surface area contributed by atoms with Gasteiger partial charge in [-0.15, -0.1) is 0 Å². The highest BCUT2D eigenvalue weighted by atomic mass is 16.6. The summed E-state index contributed by atoms with van der Waals surface area (Å²) >= 11 is 0. The Bertz CT molecular complexity index is 186. The van der Waals surface area contributed by atoms with Crippen molar-refractivity contribution in [3.63, 3.8) is 0 Å². The molecule has 0 rings (SSSR count). The highest BCUT2D eigenvalue weighted by Crippen LogP contribution is 2.08. The van der Waals surface area contributed by atoms with Gasteiger partial charge >= 0.3 is 11.9 Å². The van der Waals surface area contributed by atoms with Crippen LogP contribution in [0.5, 0.6) is 0 Å². The molecule has 0 aliphatic rings. The lowest BCUT2D eigenvalue weighted by atomic mass is 10.1. The largest absolute Gasteiger partial charge is 0.478 e. The van der Waals surface area contributed by atoms with Gasteiger partial charge in [0, 0.05) is 12.3 Å². The maximum absolute atomic E-state index is 11.0. The number of hydrogen-bond donors (Lipinski definition) is 1. The van der Waals surface area contributed by atoms with Gasteiger partial charge in [0.1, 0.15) is 0 Å². The zero-order valence-corrected chi connectivity index (χ0v) is 8.24. The van der Waals surface area contributed by atoms with Crippen LogP contribution in [0.15, 0.2) is 0 Å². The summed E-state index contributed by atoms with van der Waals surface area (Å²) in [5.74, 6) is -1.72. The molecule has 0 fully saturated rings. The summed E-state index contributed by atoms with van der Waals surface area (Å²) in [5, 5.41) is 8.68. The standard InChI is InChI=1S/C9H16O4/c1-4-5-7(10)13-8(6(2)3)9(11)12/h6,8H,4-5H2,1-3H3,(H,11,12). The van der Waals surface area contributed by atoms with E-state index in [-0.39, 0.29) is 12.3 Å². The van der Waals surface area contributed by atoms with Gasteiger partial charge in [-0.3, -0.25) is 4.79 Å². The molecule has 0 amide bonds. The van der Waals surface area contributed by atoms with Gasteiger partial charge in [0.15, 0.2) is 0 Å². The number of rotatable bonds is 5. The molecule has 0 bridgehead atoms. The van der Waals surface area contributed by atoms with Crippen molar-refractivity contribution in [3.05, 3.63) is 0 Å². The van der Waals surface area contributed by atoms with Gasteiger partial charge in [-0.05, 0) is 6.42 Å². The van der Waals surface area contributed by atoms with Crippen molar-refractivity contribution in [2.45, 2.75) is 39.7 Å². The monoisotopic (exact) mass is 188 g/mol. The lowest BCUT2D eigenvalue weighted by Gasteiger charge is -2.16. The van der Waals surface area contributed by atoms with Crippen molar-refractivity contribution in [3.8, 4) is 0 Å². The molecule has 4 nitrogen and oxygen atoms in total. The van der Waals surface area contributed by atoms with E-state index < -0.39 is 18.0 Å². The van der Waals surface area contributed by atoms with Crippen molar-refractivity contribution in [1.29, 1.82) is 0 Å². The highest BCUT2D eigenvalue weighted by Gasteiger charge is 2.25. The van der Waals surface area contributed by atoms with E-state index in [1.165, 1.54) is 0 Å². The van der Waals surface area contributed by atoms with Crippen molar-refractivity contribution in [1.82, 2.24) is 0 Å². The molecule has 1 atom stereocenters. The summed E-state index contributed by atoms with van der Waals surface area (Å²) < 4.78 is 4.78. The molecule has 0 saturated carbocycles. The number of carboxylic acid groups (broad SMARTS) is 1. The molecule has 0 aromatic carbocycles. The second-order valence-electron chi connectivity index (χ2n) is 3.24. The van der Waals surface area contributed by atoms with Gasteiger partial charge in [-0.2, -0.15) is 0 Å². The topological polar surface area (TPSA) is 63.6 Å². The first-order chi connectivity index (χ1) is 5.99. The number of esters is 1. The molecule has 4 heteroatoms. The number of carbonyl (C=O) groups excluding carboxylic acids is 1. The van der Waals surface area contributed by atoms with Crippen LogP contribution >= 0.6 is 0 Å². The minimum atomic E-state index is -1.08. The van der Waals surface area contributed by atoms with Crippen LogP contribution in [0.3, 0.4) is 0 Å². The second-order valence-corrected chi connectivity index (χ2v) is 3.24. The quantitative estimate of drug-likeness (QED) is 0.663. The lowest BCUT2D eigenvalue weighted by molar-refractivity contribution is -0.167. The molecular formula is C9H16O4. The van der Waals surface area contributed by atoms with E-state index in [0.717, 1.165) is 0 Å². The van der Waals surface area contributed by atoms with Gasteiger partial charge in [0.25, 0.3) is 0 Å². The number of hydrogen-bond acceptors (Lipinski definition) is 3. The van der Waals surface area contributed by atoms with Crippen LogP contribution in [0, 0.1) is 5.92 Å². The minimum absolute atomic E-state index is 0.196. The van der Waals surface area contributed by atoms with E-state index in [4.69, 9.17) is 9.84 Å². The predicted molar refractivity (Wildman–Crippen MR) is 47.3 cm³/mol. The Kier molecular flexibility index (Phi) is 5.11. The van der Waals surface area contributed by atoms with E-state index in [2.05, 4.69) is 0 Å². The fourth-order valence-corrected chi connectivity index (χ4v) is 0.876. The molecule has 1 N–H and O–H groups in total. The van der Waals surface area contributed by atoms with Crippen molar-refractivity contribution in [2.24, 2.45) is 5.92 Å². The zero-order valence-electron chi connectivity index (χ0n) is 8.24. The first-order valence-electron chi connectivity index (χ1n) is 4.41. The Morgan fingerprint density at radius 1 is 1.38 bits per heavy atom. The Balaban J connectivity index is 4.10. The van der Waals surface area contributed by atoms with Crippen LogP contribution in [0.4, 0.5) is 0 Å². The third-order valence-electron chi connectivity index (χ3n) is 1.56. The molecular weight excluding hydrogens is 172 g/mol. The Labute approximate surface area is 77.9 Å². The smallest absolute Gasteiger partial charge is 0.345 e. The molecule has 0 aliphatic heterocycles. The maximum atomic E-state index is 11.0. The molecule has 0 spiro atoms. The first-order valence-corrected chi connectivity index (χ1v) is 4.41. The third-order valence-corrected chi connectivity index (χ3v) is 1.56. The number of carboxylic acids is 1. The van der Waals surface area contributed by atoms with E-state index in [1.807, 2.05) is 6.92 Å². The predicted octanol–water partition coefficient (Wildman–Crippen LogP) is 1.44. The fourth-order valence-electron chi connectivity index (χ4n) is 0.876. The van der Waals surface area contributed by atoms with Crippen LogP contribution < -0.4 is 0 Å². The molecule has 0 aromatic heterocycles. The van der Waals surface area contributed by atoms with Gasteiger partial charge in [0.05, 0.1) is 0 Å². The molecule has 13 heavy (non-hydrogen) atoms. The number of carbonyl (C=O) groups is 2. The zero-order chi connectivity index (χ0) is 10.4. The number of aliphatic carboxylic acids is 1. The lowest BCUT2D eigenvalue weighted by Crippen LogP contribution is -2.31. The normalized spacial score (nSPS) is 12.6. The highest BCUT2D eigenvalue weighted by molar-refractivity contribution is 5.78. The van der Waals surface area contributed by atoms with Crippen LogP contribution in [0.25, 0.3) is 0 Å². The molecule has 76 valence electrons. The maximum Gasteiger partial charge on any atom is 0.345 e. The summed E-state index contributed by atoms with van der Waals surface area (Å²) in [7, 11) is 0. The summed E-state index contributed by atoms with van der Waals surface area (Å²) in [5.41, 5.74) is 0. The molecule has 0 heterocycles. The van der Waals surface area contributed by atoms with Crippen LogP contribution in [-0.4, -0.2) is 23.1 Å². The molecule has 0 aromatic rings. The molecule has 0 saturated heterocycles. The fraction of sp³-hybridized carbons (Fsp3) is 0.778. The van der Waals surface area contributed by atoms with Gasteiger partial charge < -0.3 is 9.84 Å². The Hall–Kier alpha value is -1.06. The van der Waals surface area contributed by atoms with Gasteiger partial charge in [-0.1, -0.05) is 20.8 Å². The van der Waals surface area contributed by atoms with Crippen molar-refractivity contribution in [2.75, 3.05) is 0 Å². The average Bonchev–Trinajstić information content (AvgIpc) is 1.99. The average molecular weight is 188 g/mol. The van der Waals surface area contributed by atoms with E-state index in [1.54, 1.807) is 13.8 Å². The summed E-state index contributed by atoms with van der Waals surface area (Å²) in [6.45, 7) is 5.25. The van der Waals surface area contributed by atoms with Crippen molar-refractivity contribution >= 4 is 11.9 Å². The van der Waals surface area contributed by atoms with Crippen LogP contribution in [0.2, 0.25) is 0 Å². The SMILES string of the molecule is CCCC(=O)OC(C(=O)O)C(C)C. The summed E-state index contributed by atoms with van der Waals surface area (Å²) in [6, 6.07) is 0. The summed E-state index contributed by atoms with van der Waals surface area (Å²) in [4.78, 5) is 21.6. The first kappa shape index (κ1) is 11.9. The Morgan fingerprint density at radius 3 is 2.23 bits per heavy atom. The van der Waals surface area contributed by atoms with Crippen LogP contribution in [-0.2, 0) is 14.3 Å². The molecule has 0 radical (unpaired) electrons. The Morgan fingerprint density at radius 2 is 1.92 bits per heavy atom. The number of ether oxygens (including phenoxy) is 1. The molecule has 0 aliphatic carbocycles. The molecule has 1 unspecified atom stereocenters. The van der Waals surface area contributed by atoms with E-state index >= 15 is 0 Å². The minimum Gasteiger partial charge on any atom is -0.478 e. The van der Waals surface area contributed by atoms with E-state index in [0.29, 0.717) is 6.42 Å². The summed E-state index contributed by atoms with van der Waals surface area (Å²) in [6.07, 6.45) is -0.0706. The van der Waals surface area contributed by atoms with E-state index in [9.17, 15) is 9.59 Å². The van der Waals surface area contributed by atoms with Gasteiger partial charge in [-0.25, -0.2) is 4.79 Å². The van der Waals surface area contributed by atoms with Crippen molar-refractivity contribution < 1.29 is 19.4 Å². The van der Waals surface area contributed by atoms with Gasteiger partial charge in [0.2, 0.25) is 6.10 Å². The second kappa shape index (κ2) is 5.56. The third kappa shape index (κ3) is 4.50.